The van der Waals surface area contributed by atoms with Crippen molar-refractivity contribution in [2.75, 3.05) is 19.6 Å². The normalized spacial score (nSPS) is 14.8. The van der Waals surface area contributed by atoms with E-state index in [0.29, 0.717) is 30.8 Å². The number of carbonyl (C=O) groups is 1. The van der Waals surface area contributed by atoms with E-state index in [9.17, 15) is 17.6 Å². The van der Waals surface area contributed by atoms with Crippen LogP contribution in [0.1, 0.15) is 21.5 Å². The zero-order valence-electron chi connectivity index (χ0n) is 17.8. The van der Waals surface area contributed by atoms with E-state index in [1.165, 1.54) is 6.07 Å². The average Bonchev–Trinajstić information content (AvgIpc) is 2.77. The van der Waals surface area contributed by atoms with Gasteiger partial charge in [-0.3, -0.25) is 9.69 Å². The Labute approximate surface area is 187 Å². The molecule has 0 spiro atoms. The van der Waals surface area contributed by atoms with Crippen LogP contribution in [0.15, 0.2) is 72.8 Å². The van der Waals surface area contributed by atoms with Crippen LogP contribution in [0.4, 0.5) is 4.39 Å². The topological polar surface area (TPSA) is 66.5 Å². The number of halogens is 1. The van der Waals surface area contributed by atoms with Crippen LogP contribution in [0.25, 0.3) is 11.1 Å². The highest BCUT2D eigenvalue weighted by Gasteiger charge is 2.37. The quantitative estimate of drug-likeness (QED) is 0.528. The van der Waals surface area contributed by atoms with Crippen LogP contribution in [0.2, 0.25) is 0 Å². The molecule has 0 saturated carbocycles. The molecule has 7 heteroatoms. The minimum Gasteiger partial charge on any atom is -0.296 e. The minimum atomic E-state index is -3.67. The van der Waals surface area contributed by atoms with Crippen molar-refractivity contribution < 1.29 is 17.6 Å². The van der Waals surface area contributed by atoms with Gasteiger partial charge in [0.05, 0.1) is 12.1 Å². The number of Topliss-reactive ketones (excluding diaryl/α,β-unsaturated/α-hetero) is 1. The van der Waals surface area contributed by atoms with Gasteiger partial charge in [0.15, 0.2) is 5.78 Å². The Morgan fingerprint density at radius 3 is 2.28 bits per heavy atom. The Morgan fingerprint density at radius 1 is 1.00 bits per heavy atom. The molecule has 0 amide bonds. The predicted molar refractivity (Wildman–Crippen MR) is 123 cm³/mol. The van der Waals surface area contributed by atoms with Gasteiger partial charge in [-0.2, -0.15) is 0 Å². The number of benzene rings is 3. The summed E-state index contributed by atoms with van der Waals surface area (Å²) in [7, 11) is -3.67. The Hall–Kier alpha value is -2.87. The monoisotopic (exact) mass is 452 g/mol. The Morgan fingerprint density at radius 2 is 1.62 bits per heavy atom. The molecule has 0 radical (unpaired) electrons. The fourth-order valence-electron chi connectivity index (χ4n) is 3.84. The number of carbonyl (C=O) groups excluding carboxylic acids is 1. The zero-order valence-corrected chi connectivity index (χ0v) is 18.6. The smallest absolute Gasteiger partial charge is 0.217 e. The highest BCUT2D eigenvalue weighted by molar-refractivity contribution is 7.90. The van der Waals surface area contributed by atoms with Crippen molar-refractivity contribution in [1.82, 2.24) is 9.62 Å². The van der Waals surface area contributed by atoms with Gasteiger partial charge in [-0.1, -0.05) is 60.7 Å². The largest absolute Gasteiger partial charge is 0.296 e. The highest BCUT2D eigenvalue weighted by Crippen LogP contribution is 2.25. The molecule has 32 heavy (non-hydrogen) atoms. The van der Waals surface area contributed by atoms with Gasteiger partial charge in [0.1, 0.15) is 11.1 Å². The van der Waals surface area contributed by atoms with E-state index in [2.05, 4.69) is 4.72 Å². The SMILES string of the molecule is Cc1cc(-c2ccccc2)cc(C(=O)CNS(=O)(=O)C2CN(Cc3ccccc3)C2)c1F. The summed E-state index contributed by atoms with van der Waals surface area (Å²) in [6, 6.07) is 22.4. The third-order valence-corrected chi connectivity index (χ3v) is 7.43. The maximum atomic E-state index is 14.7. The van der Waals surface area contributed by atoms with Gasteiger partial charge in [-0.05, 0) is 41.3 Å². The lowest BCUT2D eigenvalue weighted by molar-refractivity contribution is 0.0992. The maximum Gasteiger partial charge on any atom is 0.217 e. The van der Waals surface area contributed by atoms with Crippen molar-refractivity contribution in [3.05, 3.63) is 95.3 Å². The van der Waals surface area contributed by atoms with Gasteiger partial charge >= 0.3 is 0 Å². The van der Waals surface area contributed by atoms with Gasteiger partial charge < -0.3 is 0 Å². The van der Waals surface area contributed by atoms with Crippen molar-refractivity contribution in [1.29, 1.82) is 0 Å². The van der Waals surface area contributed by atoms with E-state index in [-0.39, 0.29) is 5.56 Å². The summed E-state index contributed by atoms with van der Waals surface area (Å²) >= 11 is 0. The Balaban J connectivity index is 1.39. The van der Waals surface area contributed by atoms with E-state index in [0.717, 1.165) is 11.1 Å². The van der Waals surface area contributed by atoms with Gasteiger partial charge in [-0.15, -0.1) is 0 Å². The molecule has 3 aromatic carbocycles. The van der Waals surface area contributed by atoms with Gasteiger partial charge in [0.25, 0.3) is 0 Å². The van der Waals surface area contributed by atoms with Gasteiger partial charge in [-0.25, -0.2) is 17.5 Å². The number of nitrogens with zero attached hydrogens (tertiary/aromatic N) is 1. The molecule has 166 valence electrons. The summed E-state index contributed by atoms with van der Waals surface area (Å²) in [6.07, 6.45) is 0. The standard InChI is InChI=1S/C25H25FN2O3S/c1-18-12-21(20-10-6-3-7-11-20)13-23(25(18)26)24(29)14-27-32(30,31)22-16-28(17-22)15-19-8-4-2-5-9-19/h2-13,22,27H,14-17H2,1H3. The first kappa shape index (κ1) is 22.3. The number of hydrogen-bond acceptors (Lipinski definition) is 4. The fraction of sp³-hybridized carbons (Fsp3) is 0.240. The third kappa shape index (κ3) is 4.96. The Kier molecular flexibility index (Phi) is 6.50. The first-order valence-corrected chi connectivity index (χ1v) is 12.0. The molecule has 0 atom stereocenters. The summed E-state index contributed by atoms with van der Waals surface area (Å²) in [5.41, 5.74) is 2.93. The van der Waals surface area contributed by atoms with Crippen molar-refractivity contribution in [3.8, 4) is 11.1 Å². The lowest BCUT2D eigenvalue weighted by Crippen LogP contribution is -2.57. The summed E-state index contributed by atoms with van der Waals surface area (Å²) in [6.45, 7) is 2.61. The molecule has 4 rings (SSSR count). The molecule has 1 aliphatic heterocycles. The van der Waals surface area contributed by atoms with Crippen LogP contribution in [0, 0.1) is 12.7 Å². The summed E-state index contributed by atoms with van der Waals surface area (Å²) in [4.78, 5) is 14.7. The summed E-state index contributed by atoms with van der Waals surface area (Å²) in [5.74, 6) is -1.21. The van der Waals surface area contributed by atoms with Crippen LogP contribution >= 0.6 is 0 Å². The summed E-state index contributed by atoms with van der Waals surface area (Å²) < 4.78 is 42.2. The van der Waals surface area contributed by atoms with Crippen LogP contribution < -0.4 is 4.72 Å². The van der Waals surface area contributed by atoms with E-state index < -0.39 is 33.4 Å². The Bertz CT molecular complexity index is 1210. The van der Waals surface area contributed by atoms with E-state index >= 15 is 0 Å². The minimum absolute atomic E-state index is 0.106. The number of nitrogens with one attached hydrogen (secondary N) is 1. The molecule has 1 fully saturated rings. The number of sulfonamides is 1. The zero-order chi connectivity index (χ0) is 22.7. The second-order valence-electron chi connectivity index (χ2n) is 8.11. The molecule has 1 saturated heterocycles. The summed E-state index contributed by atoms with van der Waals surface area (Å²) in [5, 5.41) is -0.582. The van der Waals surface area contributed by atoms with Gasteiger partial charge in [0.2, 0.25) is 10.0 Å². The molecule has 0 bridgehead atoms. The molecule has 0 aliphatic carbocycles. The van der Waals surface area contributed by atoms with Gasteiger partial charge in [0, 0.05) is 19.6 Å². The highest BCUT2D eigenvalue weighted by atomic mass is 32.2. The lowest BCUT2D eigenvalue weighted by Gasteiger charge is -2.38. The molecule has 3 aromatic rings. The van der Waals surface area contributed by atoms with E-state index in [4.69, 9.17) is 0 Å². The number of likely N-dealkylation sites (tertiary alicyclic amines) is 1. The number of aryl methyl sites for hydroxylation is 1. The predicted octanol–water partition coefficient (Wildman–Crippen LogP) is 3.79. The van der Waals surface area contributed by atoms with Crippen LogP contribution in [0.5, 0.6) is 0 Å². The first-order chi connectivity index (χ1) is 15.3. The number of hydrogen-bond donors (Lipinski definition) is 1. The van der Waals surface area contributed by atoms with E-state index in [1.54, 1.807) is 13.0 Å². The van der Waals surface area contributed by atoms with E-state index in [1.807, 2.05) is 65.6 Å². The molecule has 0 aromatic heterocycles. The van der Waals surface area contributed by atoms with Crippen molar-refractivity contribution in [2.45, 2.75) is 18.7 Å². The van der Waals surface area contributed by atoms with Crippen LogP contribution in [0.3, 0.4) is 0 Å². The lowest BCUT2D eigenvalue weighted by atomic mass is 9.98. The maximum absolute atomic E-state index is 14.7. The third-order valence-electron chi connectivity index (χ3n) is 5.71. The van der Waals surface area contributed by atoms with Crippen LogP contribution in [-0.4, -0.2) is 44.0 Å². The molecule has 5 nitrogen and oxygen atoms in total. The second kappa shape index (κ2) is 9.32. The van der Waals surface area contributed by atoms with Crippen molar-refractivity contribution >= 4 is 15.8 Å². The van der Waals surface area contributed by atoms with Crippen molar-refractivity contribution in [2.24, 2.45) is 0 Å². The first-order valence-electron chi connectivity index (χ1n) is 10.5. The molecule has 1 heterocycles. The molecule has 1 N–H and O–H groups in total. The fourth-order valence-corrected chi connectivity index (χ4v) is 5.22. The molecular formula is C25H25FN2O3S. The average molecular weight is 453 g/mol. The number of ketones is 1. The molecule has 1 aliphatic rings. The van der Waals surface area contributed by atoms with Crippen LogP contribution in [-0.2, 0) is 16.6 Å². The van der Waals surface area contributed by atoms with Crippen molar-refractivity contribution in [3.63, 3.8) is 0 Å². The second-order valence-corrected chi connectivity index (χ2v) is 10.2. The number of rotatable bonds is 8. The molecule has 0 unspecified atom stereocenters. The molecular weight excluding hydrogens is 427 g/mol.